The maximum Gasteiger partial charge on any atom is 0.242 e. The fraction of sp³-hybridized carbons (Fsp3) is 0.350. The molecule has 1 heterocycles. The molecular formula is C20H24ClN3O2. The van der Waals surface area contributed by atoms with Crippen LogP contribution in [0.3, 0.4) is 0 Å². The maximum absolute atomic E-state index is 12.6. The number of carbonyl (C=O) groups is 2. The van der Waals surface area contributed by atoms with Gasteiger partial charge >= 0.3 is 0 Å². The monoisotopic (exact) mass is 373 g/mol. The molecule has 2 aromatic rings. The molecule has 2 amide bonds. The van der Waals surface area contributed by atoms with Crippen molar-refractivity contribution in [2.45, 2.75) is 45.8 Å². The minimum Gasteiger partial charge on any atom is -0.350 e. The smallest absolute Gasteiger partial charge is 0.242 e. The first-order valence-corrected chi connectivity index (χ1v) is 9.09. The SMILES string of the molecule is CCCC(=O)N(Cc1ccc(Cl)cc1)C(C)C(=O)NCc1ccncc1. The van der Waals surface area contributed by atoms with Crippen molar-refractivity contribution < 1.29 is 9.59 Å². The molecule has 1 unspecified atom stereocenters. The molecule has 1 aromatic heterocycles. The van der Waals surface area contributed by atoms with E-state index < -0.39 is 6.04 Å². The van der Waals surface area contributed by atoms with E-state index in [-0.39, 0.29) is 11.8 Å². The summed E-state index contributed by atoms with van der Waals surface area (Å²) in [7, 11) is 0. The Balaban J connectivity index is 2.05. The summed E-state index contributed by atoms with van der Waals surface area (Å²) in [6, 6.07) is 10.4. The van der Waals surface area contributed by atoms with Crippen molar-refractivity contribution in [3.63, 3.8) is 0 Å². The van der Waals surface area contributed by atoms with Gasteiger partial charge in [-0.25, -0.2) is 0 Å². The van der Waals surface area contributed by atoms with Crippen LogP contribution in [0.15, 0.2) is 48.8 Å². The van der Waals surface area contributed by atoms with Crippen LogP contribution < -0.4 is 5.32 Å². The normalized spacial score (nSPS) is 11.7. The van der Waals surface area contributed by atoms with Crippen molar-refractivity contribution >= 4 is 23.4 Å². The third kappa shape index (κ3) is 5.85. The number of pyridine rings is 1. The number of nitrogens with one attached hydrogen (secondary N) is 1. The highest BCUT2D eigenvalue weighted by molar-refractivity contribution is 6.30. The second kappa shape index (κ2) is 9.92. The molecule has 1 N–H and O–H groups in total. The first kappa shape index (κ1) is 19.9. The zero-order valence-corrected chi connectivity index (χ0v) is 15.9. The van der Waals surface area contributed by atoms with E-state index >= 15 is 0 Å². The largest absolute Gasteiger partial charge is 0.350 e. The van der Waals surface area contributed by atoms with Crippen LogP contribution in [-0.2, 0) is 22.7 Å². The van der Waals surface area contributed by atoms with Crippen LogP contribution in [-0.4, -0.2) is 27.7 Å². The Hall–Kier alpha value is -2.40. The molecule has 1 aromatic carbocycles. The molecule has 26 heavy (non-hydrogen) atoms. The number of rotatable bonds is 8. The highest BCUT2D eigenvalue weighted by Gasteiger charge is 2.25. The Morgan fingerprint density at radius 3 is 2.38 bits per heavy atom. The quantitative estimate of drug-likeness (QED) is 0.769. The zero-order chi connectivity index (χ0) is 18.9. The van der Waals surface area contributed by atoms with Gasteiger partial charge in [0.1, 0.15) is 6.04 Å². The van der Waals surface area contributed by atoms with E-state index in [2.05, 4.69) is 10.3 Å². The Labute approximate surface area is 159 Å². The van der Waals surface area contributed by atoms with E-state index in [0.717, 1.165) is 17.5 Å². The highest BCUT2D eigenvalue weighted by Crippen LogP contribution is 2.15. The molecule has 2 rings (SSSR count). The number of nitrogens with zero attached hydrogens (tertiary/aromatic N) is 2. The molecule has 0 fully saturated rings. The van der Waals surface area contributed by atoms with Crippen LogP contribution in [0, 0.1) is 0 Å². The van der Waals surface area contributed by atoms with Gasteiger partial charge in [-0.2, -0.15) is 0 Å². The molecular weight excluding hydrogens is 350 g/mol. The maximum atomic E-state index is 12.6. The van der Waals surface area contributed by atoms with Gasteiger partial charge in [0.25, 0.3) is 0 Å². The lowest BCUT2D eigenvalue weighted by Gasteiger charge is -2.28. The second-order valence-electron chi connectivity index (χ2n) is 6.15. The molecule has 0 saturated carbocycles. The molecule has 1 atom stereocenters. The van der Waals surface area contributed by atoms with Crippen molar-refractivity contribution in [2.75, 3.05) is 0 Å². The number of amides is 2. The lowest BCUT2D eigenvalue weighted by Crippen LogP contribution is -2.47. The van der Waals surface area contributed by atoms with Crippen LogP contribution >= 0.6 is 11.6 Å². The topological polar surface area (TPSA) is 62.3 Å². The standard InChI is InChI=1S/C20H24ClN3O2/c1-3-4-19(25)24(14-17-5-7-18(21)8-6-17)15(2)20(26)23-13-16-9-11-22-12-10-16/h5-12,15H,3-4,13-14H2,1-2H3,(H,23,26). The third-order valence-corrected chi connectivity index (χ3v) is 4.37. The zero-order valence-electron chi connectivity index (χ0n) is 15.1. The Bertz CT molecular complexity index is 720. The van der Waals surface area contributed by atoms with Gasteiger partial charge < -0.3 is 10.2 Å². The van der Waals surface area contributed by atoms with E-state index in [1.54, 1.807) is 36.4 Å². The van der Waals surface area contributed by atoms with Crippen molar-refractivity contribution in [1.29, 1.82) is 0 Å². The summed E-state index contributed by atoms with van der Waals surface area (Å²) >= 11 is 5.92. The van der Waals surface area contributed by atoms with Crippen LogP contribution in [0.2, 0.25) is 5.02 Å². The van der Waals surface area contributed by atoms with Gasteiger partial charge in [0.15, 0.2) is 0 Å². The van der Waals surface area contributed by atoms with E-state index in [1.165, 1.54) is 0 Å². The van der Waals surface area contributed by atoms with Gasteiger partial charge in [-0.15, -0.1) is 0 Å². The molecule has 6 heteroatoms. The Morgan fingerprint density at radius 2 is 1.77 bits per heavy atom. The summed E-state index contributed by atoms with van der Waals surface area (Å²) in [5.74, 6) is -0.214. The van der Waals surface area contributed by atoms with Gasteiger partial charge in [0.2, 0.25) is 11.8 Å². The summed E-state index contributed by atoms with van der Waals surface area (Å²) in [5.41, 5.74) is 1.90. The minimum absolute atomic E-state index is 0.0333. The molecule has 0 bridgehead atoms. The summed E-state index contributed by atoms with van der Waals surface area (Å²) < 4.78 is 0. The fourth-order valence-corrected chi connectivity index (χ4v) is 2.69. The van der Waals surface area contributed by atoms with Gasteiger partial charge in [-0.05, 0) is 48.7 Å². The number of halogens is 1. The second-order valence-corrected chi connectivity index (χ2v) is 6.58. The molecule has 0 aliphatic heterocycles. The van der Waals surface area contributed by atoms with Gasteiger partial charge in [0, 0.05) is 36.9 Å². The summed E-state index contributed by atoms with van der Waals surface area (Å²) in [5, 5.41) is 3.53. The van der Waals surface area contributed by atoms with Crippen molar-refractivity contribution in [2.24, 2.45) is 0 Å². The molecule has 0 radical (unpaired) electrons. The predicted molar refractivity (Wildman–Crippen MR) is 102 cm³/mol. The number of benzene rings is 1. The van der Waals surface area contributed by atoms with Gasteiger partial charge in [-0.1, -0.05) is 30.7 Å². The van der Waals surface area contributed by atoms with E-state index in [9.17, 15) is 9.59 Å². The third-order valence-electron chi connectivity index (χ3n) is 4.11. The number of aromatic nitrogens is 1. The fourth-order valence-electron chi connectivity index (χ4n) is 2.56. The average Bonchev–Trinajstić information content (AvgIpc) is 2.66. The molecule has 5 nitrogen and oxygen atoms in total. The minimum atomic E-state index is -0.563. The predicted octanol–water partition coefficient (Wildman–Crippen LogP) is 3.57. The van der Waals surface area contributed by atoms with E-state index in [4.69, 9.17) is 11.6 Å². The molecule has 138 valence electrons. The molecule has 0 aliphatic carbocycles. The Morgan fingerprint density at radius 1 is 1.12 bits per heavy atom. The molecule has 0 aliphatic rings. The molecule has 0 saturated heterocycles. The van der Waals surface area contributed by atoms with Crippen molar-refractivity contribution in [3.8, 4) is 0 Å². The lowest BCUT2D eigenvalue weighted by molar-refractivity contribution is -0.140. The summed E-state index contributed by atoms with van der Waals surface area (Å²) in [6.07, 6.45) is 4.52. The number of hydrogen-bond donors (Lipinski definition) is 1. The van der Waals surface area contributed by atoms with Crippen molar-refractivity contribution in [3.05, 3.63) is 64.9 Å². The average molecular weight is 374 g/mol. The van der Waals surface area contributed by atoms with Gasteiger partial charge in [-0.3, -0.25) is 14.6 Å². The van der Waals surface area contributed by atoms with Crippen LogP contribution in [0.4, 0.5) is 0 Å². The molecule has 0 spiro atoms. The highest BCUT2D eigenvalue weighted by atomic mass is 35.5. The lowest BCUT2D eigenvalue weighted by atomic mass is 10.1. The van der Waals surface area contributed by atoms with Gasteiger partial charge in [0.05, 0.1) is 0 Å². The van der Waals surface area contributed by atoms with E-state index in [0.29, 0.717) is 24.5 Å². The van der Waals surface area contributed by atoms with Crippen molar-refractivity contribution in [1.82, 2.24) is 15.2 Å². The summed E-state index contributed by atoms with van der Waals surface area (Å²) in [6.45, 7) is 4.49. The summed E-state index contributed by atoms with van der Waals surface area (Å²) in [4.78, 5) is 30.7. The first-order valence-electron chi connectivity index (χ1n) is 8.71. The van der Waals surface area contributed by atoms with Crippen LogP contribution in [0.25, 0.3) is 0 Å². The van der Waals surface area contributed by atoms with Crippen LogP contribution in [0.1, 0.15) is 37.8 Å². The number of hydrogen-bond acceptors (Lipinski definition) is 3. The first-order chi connectivity index (χ1) is 12.5. The Kier molecular flexibility index (Phi) is 7.60. The van der Waals surface area contributed by atoms with Crippen LogP contribution in [0.5, 0.6) is 0 Å². The number of carbonyl (C=O) groups excluding carboxylic acids is 2. The van der Waals surface area contributed by atoms with E-state index in [1.807, 2.05) is 31.2 Å².